The SMILES string of the molecule is Cc1ccccc1C[C@H]1S/C(=N/N=Cc2ccco2)NC1=O. The highest BCUT2D eigenvalue weighted by Crippen LogP contribution is 2.24. The zero-order chi connectivity index (χ0) is 15.4. The van der Waals surface area contributed by atoms with Gasteiger partial charge >= 0.3 is 0 Å². The quantitative estimate of drug-likeness (QED) is 0.697. The molecule has 1 aliphatic heterocycles. The van der Waals surface area contributed by atoms with Crippen molar-refractivity contribution in [1.82, 2.24) is 5.32 Å². The predicted octanol–water partition coefficient (Wildman–Crippen LogP) is 2.75. The molecule has 0 saturated carbocycles. The predicted molar refractivity (Wildman–Crippen MR) is 88.1 cm³/mol. The summed E-state index contributed by atoms with van der Waals surface area (Å²) in [6.45, 7) is 2.05. The fourth-order valence-electron chi connectivity index (χ4n) is 2.13. The fourth-order valence-corrected chi connectivity index (χ4v) is 3.08. The molecule has 0 unspecified atom stereocenters. The number of carbonyl (C=O) groups excluding carboxylic acids is 1. The van der Waals surface area contributed by atoms with Crippen LogP contribution in [0.4, 0.5) is 0 Å². The lowest BCUT2D eigenvalue weighted by Gasteiger charge is -2.07. The van der Waals surface area contributed by atoms with Crippen molar-refractivity contribution in [2.45, 2.75) is 18.6 Å². The second-order valence-electron chi connectivity index (χ2n) is 4.89. The van der Waals surface area contributed by atoms with Crippen molar-refractivity contribution < 1.29 is 9.21 Å². The number of hydrogen-bond donors (Lipinski definition) is 1. The molecule has 1 saturated heterocycles. The molecule has 0 aliphatic carbocycles. The number of aryl methyl sites for hydroxylation is 1. The van der Waals surface area contributed by atoms with Gasteiger partial charge in [-0.05, 0) is 36.6 Å². The van der Waals surface area contributed by atoms with E-state index in [2.05, 4.69) is 28.5 Å². The Bertz CT molecular complexity index is 723. The van der Waals surface area contributed by atoms with Crippen molar-refractivity contribution in [3.63, 3.8) is 0 Å². The molecule has 3 rings (SSSR count). The molecule has 5 nitrogen and oxygen atoms in total. The Kier molecular flexibility index (Phi) is 4.39. The fraction of sp³-hybridized carbons (Fsp3) is 0.188. The highest BCUT2D eigenvalue weighted by molar-refractivity contribution is 8.15. The summed E-state index contributed by atoms with van der Waals surface area (Å²) in [6, 6.07) is 11.6. The minimum absolute atomic E-state index is 0.0276. The number of amidine groups is 1. The van der Waals surface area contributed by atoms with Crippen LogP contribution in [0.25, 0.3) is 0 Å². The lowest BCUT2D eigenvalue weighted by molar-refractivity contribution is -0.118. The third kappa shape index (κ3) is 3.46. The smallest absolute Gasteiger partial charge is 0.239 e. The van der Waals surface area contributed by atoms with Crippen LogP contribution in [-0.2, 0) is 11.2 Å². The maximum Gasteiger partial charge on any atom is 0.239 e. The molecule has 6 heteroatoms. The van der Waals surface area contributed by atoms with Crippen LogP contribution >= 0.6 is 11.8 Å². The number of furan rings is 1. The van der Waals surface area contributed by atoms with Gasteiger partial charge in [0.15, 0.2) is 5.17 Å². The highest BCUT2D eigenvalue weighted by atomic mass is 32.2. The lowest BCUT2D eigenvalue weighted by Crippen LogP contribution is -2.26. The average molecular weight is 313 g/mol. The van der Waals surface area contributed by atoms with Gasteiger partial charge in [0.2, 0.25) is 5.91 Å². The van der Waals surface area contributed by atoms with Crippen LogP contribution in [0.15, 0.2) is 57.3 Å². The van der Waals surface area contributed by atoms with Crippen LogP contribution < -0.4 is 5.32 Å². The zero-order valence-corrected chi connectivity index (χ0v) is 12.8. The summed E-state index contributed by atoms with van der Waals surface area (Å²) < 4.78 is 5.12. The van der Waals surface area contributed by atoms with Gasteiger partial charge in [0.25, 0.3) is 0 Å². The monoisotopic (exact) mass is 313 g/mol. The minimum Gasteiger partial charge on any atom is -0.463 e. The number of amides is 1. The van der Waals surface area contributed by atoms with E-state index in [-0.39, 0.29) is 11.2 Å². The molecule has 0 spiro atoms. The third-order valence-corrected chi connectivity index (χ3v) is 4.39. The molecular formula is C16H15N3O2S. The van der Waals surface area contributed by atoms with E-state index in [4.69, 9.17) is 4.42 Å². The number of benzene rings is 1. The molecule has 0 bridgehead atoms. The van der Waals surface area contributed by atoms with Crippen molar-refractivity contribution in [2.24, 2.45) is 10.2 Å². The van der Waals surface area contributed by atoms with Gasteiger partial charge in [0.05, 0.1) is 17.7 Å². The first-order chi connectivity index (χ1) is 10.7. The number of hydrogen-bond acceptors (Lipinski definition) is 5. The molecule has 22 heavy (non-hydrogen) atoms. The van der Waals surface area contributed by atoms with Gasteiger partial charge in [-0.2, -0.15) is 5.10 Å². The summed E-state index contributed by atoms with van der Waals surface area (Å²) in [6.07, 6.45) is 3.76. The lowest BCUT2D eigenvalue weighted by atomic mass is 10.0. The molecule has 1 atom stereocenters. The Hall–Kier alpha value is -2.34. The van der Waals surface area contributed by atoms with Gasteiger partial charge in [-0.25, -0.2) is 0 Å². The Morgan fingerprint density at radius 1 is 1.32 bits per heavy atom. The normalized spacial score (nSPS) is 20.0. The molecule has 1 aromatic carbocycles. The van der Waals surface area contributed by atoms with Crippen molar-refractivity contribution in [1.29, 1.82) is 0 Å². The number of nitrogens with zero attached hydrogens (tertiary/aromatic N) is 2. The van der Waals surface area contributed by atoms with E-state index in [1.54, 1.807) is 18.4 Å². The number of rotatable bonds is 4. The van der Waals surface area contributed by atoms with E-state index in [1.807, 2.05) is 18.2 Å². The van der Waals surface area contributed by atoms with Gasteiger partial charge in [-0.15, -0.1) is 5.10 Å². The Morgan fingerprint density at radius 3 is 2.95 bits per heavy atom. The van der Waals surface area contributed by atoms with Gasteiger partial charge in [0, 0.05) is 0 Å². The Morgan fingerprint density at radius 2 is 2.18 bits per heavy atom. The summed E-state index contributed by atoms with van der Waals surface area (Å²) in [5, 5.41) is 11.0. The van der Waals surface area contributed by atoms with Crippen LogP contribution in [-0.4, -0.2) is 22.5 Å². The molecule has 0 radical (unpaired) electrons. The molecule has 1 amide bonds. The first kappa shape index (κ1) is 14.6. The average Bonchev–Trinajstić information content (AvgIpc) is 3.12. The maximum absolute atomic E-state index is 12.0. The number of thioether (sulfide) groups is 1. The number of carbonyl (C=O) groups is 1. The van der Waals surface area contributed by atoms with E-state index in [0.717, 1.165) is 0 Å². The summed E-state index contributed by atoms with van der Waals surface area (Å²) in [5.74, 6) is 0.593. The second-order valence-corrected chi connectivity index (χ2v) is 6.08. The van der Waals surface area contributed by atoms with E-state index < -0.39 is 0 Å². The first-order valence-electron chi connectivity index (χ1n) is 6.89. The topological polar surface area (TPSA) is 67.0 Å². The third-order valence-electron chi connectivity index (χ3n) is 3.32. The Balaban J connectivity index is 1.64. The first-order valence-corrected chi connectivity index (χ1v) is 7.77. The van der Waals surface area contributed by atoms with Crippen molar-refractivity contribution in [3.05, 3.63) is 59.5 Å². The zero-order valence-electron chi connectivity index (χ0n) is 12.0. The van der Waals surface area contributed by atoms with Gasteiger partial charge in [-0.3, -0.25) is 4.79 Å². The van der Waals surface area contributed by atoms with Crippen LogP contribution in [0.5, 0.6) is 0 Å². The van der Waals surface area contributed by atoms with Crippen LogP contribution in [0, 0.1) is 6.92 Å². The van der Waals surface area contributed by atoms with E-state index in [9.17, 15) is 4.79 Å². The van der Waals surface area contributed by atoms with Crippen molar-refractivity contribution in [3.8, 4) is 0 Å². The largest absolute Gasteiger partial charge is 0.463 e. The molecular weight excluding hydrogens is 298 g/mol. The van der Waals surface area contributed by atoms with Crippen molar-refractivity contribution >= 4 is 29.1 Å². The van der Waals surface area contributed by atoms with E-state index in [1.165, 1.54) is 29.1 Å². The highest BCUT2D eigenvalue weighted by Gasteiger charge is 2.30. The minimum atomic E-state index is -0.168. The second kappa shape index (κ2) is 6.62. The molecule has 1 N–H and O–H groups in total. The molecule has 2 aromatic rings. The Labute approximate surface area is 132 Å². The van der Waals surface area contributed by atoms with Gasteiger partial charge in [-0.1, -0.05) is 36.0 Å². The summed E-state index contributed by atoms with van der Waals surface area (Å²) in [4.78, 5) is 12.0. The molecule has 1 fully saturated rings. The molecule has 112 valence electrons. The molecule has 1 aromatic heterocycles. The summed E-state index contributed by atoms with van der Waals surface area (Å²) in [5.41, 5.74) is 2.37. The van der Waals surface area contributed by atoms with E-state index in [0.29, 0.717) is 17.3 Å². The number of nitrogens with one attached hydrogen (secondary N) is 1. The van der Waals surface area contributed by atoms with Crippen LogP contribution in [0.3, 0.4) is 0 Å². The molecule has 2 heterocycles. The summed E-state index contributed by atoms with van der Waals surface area (Å²) >= 11 is 1.40. The van der Waals surface area contributed by atoms with Crippen LogP contribution in [0.2, 0.25) is 0 Å². The van der Waals surface area contributed by atoms with Gasteiger partial charge < -0.3 is 9.73 Å². The maximum atomic E-state index is 12.0. The van der Waals surface area contributed by atoms with E-state index >= 15 is 0 Å². The van der Waals surface area contributed by atoms with Gasteiger partial charge in [0.1, 0.15) is 5.76 Å². The molecule has 1 aliphatic rings. The van der Waals surface area contributed by atoms with Crippen molar-refractivity contribution in [2.75, 3.05) is 0 Å². The van der Waals surface area contributed by atoms with Crippen LogP contribution in [0.1, 0.15) is 16.9 Å². The summed E-state index contributed by atoms with van der Waals surface area (Å²) in [7, 11) is 0. The standard InChI is InChI=1S/C16H15N3O2S/c1-11-5-2-3-6-12(11)9-14-15(20)18-16(22-14)19-17-10-13-7-4-8-21-13/h2-8,10,14H,9H2,1H3,(H,18,19,20)/t14-/m1/s1.